The summed E-state index contributed by atoms with van der Waals surface area (Å²) >= 11 is 5.50. The third kappa shape index (κ3) is 2.54. The molecular weight excluding hydrogens is 296 g/mol. The Morgan fingerprint density at radius 3 is 2.26 bits per heavy atom. The van der Waals surface area contributed by atoms with Gasteiger partial charge in [0.15, 0.2) is 0 Å². The van der Waals surface area contributed by atoms with Gasteiger partial charge in [-0.15, -0.1) is 0 Å². The van der Waals surface area contributed by atoms with Gasteiger partial charge in [-0.25, -0.2) is 0 Å². The first kappa shape index (κ1) is 14.1. The standard InChI is InChI=1S/C22H16S/c1-15-9-12-21(22(15)23)20-8-4-7-18(14-20)19-11-10-16-5-2-3-6-17(16)13-19/h2-8,10-14H,1,9H2. The van der Waals surface area contributed by atoms with E-state index in [2.05, 4.69) is 79.4 Å². The van der Waals surface area contributed by atoms with Crippen LogP contribution in [-0.4, -0.2) is 4.86 Å². The van der Waals surface area contributed by atoms with Gasteiger partial charge in [-0.2, -0.15) is 0 Å². The van der Waals surface area contributed by atoms with E-state index in [0.29, 0.717) is 0 Å². The van der Waals surface area contributed by atoms with Gasteiger partial charge in [0.05, 0.1) is 0 Å². The van der Waals surface area contributed by atoms with E-state index in [4.69, 9.17) is 12.2 Å². The van der Waals surface area contributed by atoms with E-state index < -0.39 is 0 Å². The van der Waals surface area contributed by atoms with Gasteiger partial charge in [-0.3, -0.25) is 0 Å². The van der Waals surface area contributed by atoms with E-state index in [1.807, 2.05) is 0 Å². The van der Waals surface area contributed by atoms with Crippen LogP contribution in [0.5, 0.6) is 0 Å². The molecule has 1 heteroatoms. The molecule has 3 aromatic carbocycles. The largest absolute Gasteiger partial charge is 0.0941 e. The van der Waals surface area contributed by atoms with Crippen molar-refractivity contribution in [3.8, 4) is 11.1 Å². The number of rotatable bonds is 2. The van der Waals surface area contributed by atoms with Gasteiger partial charge in [-0.1, -0.05) is 79.5 Å². The summed E-state index contributed by atoms with van der Waals surface area (Å²) in [5.41, 5.74) is 5.82. The highest BCUT2D eigenvalue weighted by Gasteiger charge is 2.17. The summed E-state index contributed by atoms with van der Waals surface area (Å²) in [4.78, 5) is 0.903. The molecule has 0 N–H and O–H groups in total. The number of hydrogen-bond acceptors (Lipinski definition) is 1. The normalized spacial score (nSPS) is 14.3. The van der Waals surface area contributed by atoms with Crippen molar-refractivity contribution in [3.63, 3.8) is 0 Å². The number of thiocarbonyl (C=S) groups is 1. The minimum Gasteiger partial charge on any atom is -0.0941 e. The first-order valence-electron chi connectivity index (χ1n) is 7.74. The lowest BCUT2D eigenvalue weighted by Gasteiger charge is -2.08. The highest BCUT2D eigenvalue weighted by Crippen LogP contribution is 2.32. The molecule has 4 rings (SSSR count). The summed E-state index contributed by atoms with van der Waals surface area (Å²) in [7, 11) is 0. The van der Waals surface area contributed by atoms with Crippen molar-refractivity contribution in [2.45, 2.75) is 6.42 Å². The molecule has 0 saturated heterocycles. The third-order valence-corrected chi connectivity index (χ3v) is 4.88. The predicted molar refractivity (Wildman–Crippen MR) is 104 cm³/mol. The van der Waals surface area contributed by atoms with Gasteiger partial charge < -0.3 is 0 Å². The third-order valence-electron chi connectivity index (χ3n) is 4.37. The van der Waals surface area contributed by atoms with Gasteiger partial charge in [0.2, 0.25) is 0 Å². The van der Waals surface area contributed by atoms with Crippen molar-refractivity contribution < 1.29 is 0 Å². The van der Waals surface area contributed by atoms with E-state index in [1.54, 1.807) is 0 Å². The van der Waals surface area contributed by atoms with Gasteiger partial charge in [0.1, 0.15) is 0 Å². The van der Waals surface area contributed by atoms with Gasteiger partial charge in [0.25, 0.3) is 0 Å². The second-order valence-electron chi connectivity index (χ2n) is 5.90. The molecule has 0 fully saturated rings. The fourth-order valence-electron chi connectivity index (χ4n) is 3.09. The van der Waals surface area contributed by atoms with Crippen molar-refractivity contribution in [2.75, 3.05) is 0 Å². The first-order valence-corrected chi connectivity index (χ1v) is 8.15. The molecule has 0 bridgehead atoms. The van der Waals surface area contributed by atoms with E-state index in [-0.39, 0.29) is 0 Å². The maximum absolute atomic E-state index is 5.50. The molecule has 0 spiro atoms. The topological polar surface area (TPSA) is 0 Å². The number of fused-ring (bicyclic) bond motifs is 1. The van der Waals surface area contributed by atoms with Gasteiger partial charge in [0, 0.05) is 4.86 Å². The van der Waals surface area contributed by atoms with Crippen molar-refractivity contribution in [3.05, 3.63) is 90.5 Å². The summed E-state index contributed by atoms with van der Waals surface area (Å²) in [6.07, 6.45) is 3.05. The molecular formula is C22H16S. The van der Waals surface area contributed by atoms with Crippen LogP contribution in [-0.2, 0) is 0 Å². The maximum Gasteiger partial charge on any atom is 0.0481 e. The first-order chi connectivity index (χ1) is 11.2. The average molecular weight is 312 g/mol. The van der Waals surface area contributed by atoms with Crippen molar-refractivity contribution >= 4 is 33.4 Å². The molecule has 0 unspecified atom stereocenters. The van der Waals surface area contributed by atoms with Crippen molar-refractivity contribution in [1.29, 1.82) is 0 Å². The Hall–Kier alpha value is -2.51. The molecule has 0 aromatic heterocycles. The van der Waals surface area contributed by atoms with E-state index >= 15 is 0 Å². The summed E-state index contributed by atoms with van der Waals surface area (Å²) < 4.78 is 0. The molecule has 0 saturated carbocycles. The van der Waals surface area contributed by atoms with Crippen LogP contribution in [0.1, 0.15) is 12.0 Å². The maximum atomic E-state index is 5.50. The fraction of sp³-hybridized carbons (Fsp3) is 0.0455. The minimum absolute atomic E-state index is 0.869. The lowest BCUT2D eigenvalue weighted by molar-refractivity contribution is 1.39. The minimum atomic E-state index is 0.869. The van der Waals surface area contributed by atoms with Crippen LogP contribution in [0.2, 0.25) is 0 Å². The summed E-state index contributed by atoms with van der Waals surface area (Å²) in [6, 6.07) is 23.7. The monoisotopic (exact) mass is 312 g/mol. The number of hydrogen-bond donors (Lipinski definition) is 0. The molecule has 23 heavy (non-hydrogen) atoms. The SMILES string of the molecule is C=C1CC=C(c2cccc(-c3ccc4ccccc4c3)c2)C1=S. The Kier molecular flexibility index (Phi) is 3.44. The molecule has 110 valence electrons. The summed E-state index contributed by atoms with van der Waals surface area (Å²) in [5, 5.41) is 2.53. The van der Waals surface area contributed by atoms with Crippen LogP contribution in [0, 0.1) is 0 Å². The van der Waals surface area contributed by atoms with Crippen LogP contribution < -0.4 is 0 Å². The fourth-order valence-corrected chi connectivity index (χ4v) is 3.37. The Labute approximate surface area is 141 Å². The highest BCUT2D eigenvalue weighted by atomic mass is 32.1. The zero-order valence-corrected chi connectivity index (χ0v) is 13.6. The molecule has 0 heterocycles. The highest BCUT2D eigenvalue weighted by molar-refractivity contribution is 7.82. The lowest BCUT2D eigenvalue weighted by atomic mass is 9.97. The quantitative estimate of drug-likeness (QED) is 0.400. The Morgan fingerprint density at radius 1 is 0.739 bits per heavy atom. The van der Waals surface area contributed by atoms with E-state index in [9.17, 15) is 0 Å². The second-order valence-corrected chi connectivity index (χ2v) is 6.31. The molecule has 0 amide bonds. The van der Waals surface area contributed by atoms with Crippen molar-refractivity contribution in [2.24, 2.45) is 0 Å². The van der Waals surface area contributed by atoms with Gasteiger partial charge >= 0.3 is 0 Å². The van der Waals surface area contributed by atoms with Crippen LogP contribution >= 0.6 is 12.2 Å². The molecule has 0 atom stereocenters. The molecule has 1 aliphatic carbocycles. The average Bonchev–Trinajstić information content (AvgIpc) is 2.94. The van der Waals surface area contributed by atoms with Crippen LogP contribution in [0.4, 0.5) is 0 Å². The molecule has 1 aliphatic rings. The summed E-state index contributed by atoms with van der Waals surface area (Å²) in [6.45, 7) is 4.03. The van der Waals surface area contributed by atoms with Crippen LogP contribution in [0.3, 0.4) is 0 Å². The lowest BCUT2D eigenvalue weighted by Crippen LogP contribution is -1.95. The van der Waals surface area contributed by atoms with Crippen LogP contribution in [0.15, 0.2) is 85.0 Å². The van der Waals surface area contributed by atoms with Gasteiger partial charge in [-0.05, 0) is 57.2 Å². The Bertz CT molecular complexity index is 976. The van der Waals surface area contributed by atoms with E-state index in [0.717, 1.165) is 22.4 Å². The Morgan fingerprint density at radius 2 is 1.48 bits per heavy atom. The zero-order chi connectivity index (χ0) is 15.8. The molecule has 3 aromatic rings. The number of benzene rings is 3. The molecule has 0 nitrogen and oxygen atoms in total. The Balaban J connectivity index is 1.78. The summed E-state index contributed by atoms with van der Waals surface area (Å²) in [5.74, 6) is 0. The predicted octanol–water partition coefficient (Wildman–Crippen LogP) is 6.22. The number of allylic oxidation sites excluding steroid dienone is 3. The molecule has 0 radical (unpaired) electrons. The second kappa shape index (κ2) is 5.60. The van der Waals surface area contributed by atoms with E-state index in [1.165, 1.54) is 27.5 Å². The van der Waals surface area contributed by atoms with Crippen molar-refractivity contribution in [1.82, 2.24) is 0 Å². The smallest absolute Gasteiger partial charge is 0.0481 e. The molecule has 0 aliphatic heterocycles. The zero-order valence-electron chi connectivity index (χ0n) is 12.8. The van der Waals surface area contributed by atoms with Crippen LogP contribution in [0.25, 0.3) is 27.5 Å².